The molecule has 8 heteroatoms. The van der Waals surface area contributed by atoms with Crippen LogP contribution in [-0.4, -0.2) is 20.7 Å². The zero-order valence-corrected chi connectivity index (χ0v) is 15.5. The molecule has 0 aliphatic carbocycles. The Morgan fingerprint density at radius 2 is 2.04 bits per heavy atom. The number of nitrogens with one attached hydrogen (secondary N) is 2. The first-order valence-corrected chi connectivity index (χ1v) is 8.97. The number of carbonyl (C=O) groups excluding carboxylic acids is 1. The summed E-state index contributed by atoms with van der Waals surface area (Å²) in [6, 6.07) is 5.97. The number of aryl methyl sites for hydroxylation is 3. The van der Waals surface area contributed by atoms with Gasteiger partial charge in [0.25, 0.3) is 5.56 Å². The van der Waals surface area contributed by atoms with Crippen molar-refractivity contribution in [2.75, 3.05) is 5.32 Å². The summed E-state index contributed by atoms with van der Waals surface area (Å²) in [4.78, 5) is 30.2. The highest BCUT2D eigenvalue weighted by Gasteiger charge is 2.17. The van der Waals surface area contributed by atoms with Crippen molar-refractivity contribution in [1.82, 2.24) is 14.8 Å². The summed E-state index contributed by atoms with van der Waals surface area (Å²) in [5.41, 5.74) is 2.03. The monoisotopic (exact) mass is 374 g/mol. The van der Waals surface area contributed by atoms with Crippen LogP contribution in [-0.2, 0) is 11.2 Å². The second kappa shape index (κ2) is 7.25. The third kappa shape index (κ3) is 3.60. The fourth-order valence-electron chi connectivity index (χ4n) is 2.58. The number of anilines is 1. The number of amides is 1. The van der Waals surface area contributed by atoms with Crippen molar-refractivity contribution in [2.45, 2.75) is 33.6 Å². The molecular formula is C18H19FN4O2S. The van der Waals surface area contributed by atoms with Crippen LogP contribution in [0.2, 0.25) is 0 Å². The van der Waals surface area contributed by atoms with Crippen LogP contribution < -0.4 is 10.9 Å². The fraction of sp³-hybridized carbons (Fsp3) is 0.278. The molecule has 0 atom stereocenters. The Morgan fingerprint density at radius 1 is 1.31 bits per heavy atom. The van der Waals surface area contributed by atoms with Gasteiger partial charge in [0.05, 0.1) is 11.4 Å². The number of carbonyl (C=O) groups is 1. The number of H-pyrrole nitrogens is 1. The summed E-state index contributed by atoms with van der Waals surface area (Å²) >= 11 is 1.43. The van der Waals surface area contributed by atoms with Crippen LogP contribution in [0.15, 0.2) is 29.1 Å². The number of nitrogens with zero attached hydrogens (tertiary/aromatic N) is 2. The molecular weight excluding hydrogens is 355 g/mol. The topological polar surface area (TPSA) is 79.8 Å². The quantitative estimate of drug-likeness (QED) is 0.719. The number of benzene rings is 1. The highest BCUT2D eigenvalue weighted by molar-refractivity contribution is 7.14. The minimum atomic E-state index is -0.490. The molecule has 6 nitrogen and oxygen atoms in total. The average molecular weight is 374 g/mol. The maximum Gasteiger partial charge on any atom is 0.276 e. The van der Waals surface area contributed by atoms with Gasteiger partial charge in [0.1, 0.15) is 5.82 Å². The number of aromatic amines is 1. The Labute approximate surface area is 153 Å². The first-order valence-electron chi connectivity index (χ1n) is 8.16. The van der Waals surface area contributed by atoms with Crippen molar-refractivity contribution in [1.29, 1.82) is 0 Å². The SMILES string of the molecule is Cc1nc(-n2[nH]c(C)c(CCC(=O)Nc3ccccc3F)c2=O)sc1C. The molecule has 0 aliphatic heterocycles. The summed E-state index contributed by atoms with van der Waals surface area (Å²) < 4.78 is 15.0. The molecule has 0 saturated heterocycles. The standard InChI is InChI=1S/C18H19FN4O2S/c1-10-12(3)26-18(20-10)23-17(25)13(11(2)22-23)8-9-16(24)21-15-7-5-4-6-14(15)19/h4-7,22H,8-9H2,1-3H3,(H,21,24). The minimum Gasteiger partial charge on any atom is -0.324 e. The smallest absolute Gasteiger partial charge is 0.276 e. The van der Waals surface area contributed by atoms with Gasteiger partial charge in [0.2, 0.25) is 11.0 Å². The number of halogens is 1. The molecule has 0 bridgehead atoms. The Hall–Kier alpha value is -2.74. The van der Waals surface area contributed by atoms with E-state index < -0.39 is 5.82 Å². The van der Waals surface area contributed by atoms with Gasteiger partial charge >= 0.3 is 0 Å². The van der Waals surface area contributed by atoms with Gasteiger partial charge in [0, 0.05) is 22.6 Å². The molecule has 0 unspecified atom stereocenters. The van der Waals surface area contributed by atoms with Gasteiger partial charge in [-0.3, -0.25) is 14.7 Å². The number of aromatic nitrogens is 3. The Kier molecular flexibility index (Phi) is 5.03. The summed E-state index contributed by atoms with van der Waals surface area (Å²) in [5.74, 6) is -0.835. The third-order valence-electron chi connectivity index (χ3n) is 4.15. The summed E-state index contributed by atoms with van der Waals surface area (Å²) in [6.45, 7) is 5.63. The van der Waals surface area contributed by atoms with Crippen LogP contribution >= 0.6 is 11.3 Å². The normalized spacial score (nSPS) is 10.9. The van der Waals surface area contributed by atoms with Gasteiger partial charge < -0.3 is 5.32 Å². The molecule has 0 saturated carbocycles. The van der Waals surface area contributed by atoms with Crippen LogP contribution in [0.5, 0.6) is 0 Å². The first kappa shape index (κ1) is 18.1. The molecule has 0 spiro atoms. The van der Waals surface area contributed by atoms with Crippen LogP contribution in [0.4, 0.5) is 10.1 Å². The zero-order chi connectivity index (χ0) is 18.8. The summed E-state index contributed by atoms with van der Waals surface area (Å²) in [7, 11) is 0. The van der Waals surface area contributed by atoms with Crippen LogP contribution in [0.1, 0.15) is 28.2 Å². The van der Waals surface area contributed by atoms with E-state index in [0.29, 0.717) is 16.4 Å². The van der Waals surface area contributed by atoms with E-state index in [0.717, 1.165) is 10.6 Å². The van der Waals surface area contributed by atoms with Crippen molar-refractivity contribution in [3.05, 3.63) is 62.3 Å². The van der Waals surface area contributed by atoms with Crippen molar-refractivity contribution in [3.63, 3.8) is 0 Å². The van der Waals surface area contributed by atoms with Gasteiger partial charge in [-0.15, -0.1) is 0 Å². The predicted octanol–water partition coefficient (Wildman–Crippen LogP) is 3.26. The predicted molar refractivity (Wildman–Crippen MR) is 99.6 cm³/mol. The largest absolute Gasteiger partial charge is 0.324 e. The Bertz CT molecular complexity index is 999. The molecule has 26 heavy (non-hydrogen) atoms. The number of hydrogen-bond donors (Lipinski definition) is 2. The van der Waals surface area contributed by atoms with Crippen molar-refractivity contribution in [3.8, 4) is 5.13 Å². The Balaban J connectivity index is 1.73. The number of hydrogen-bond acceptors (Lipinski definition) is 4. The highest BCUT2D eigenvalue weighted by atomic mass is 32.1. The van der Waals surface area contributed by atoms with Gasteiger partial charge in [0.15, 0.2) is 0 Å². The van der Waals surface area contributed by atoms with Crippen molar-refractivity contribution < 1.29 is 9.18 Å². The molecule has 3 aromatic rings. The molecule has 136 valence electrons. The van der Waals surface area contributed by atoms with E-state index in [4.69, 9.17) is 0 Å². The highest BCUT2D eigenvalue weighted by Crippen LogP contribution is 2.19. The van der Waals surface area contributed by atoms with E-state index in [-0.39, 0.29) is 30.0 Å². The molecule has 0 radical (unpaired) electrons. The summed E-state index contributed by atoms with van der Waals surface area (Å²) in [5, 5.41) is 6.12. The molecule has 0 aliphatic rings. The maximum atomic E-state index is 13.6. The molecule has 2 heterocycles. The van der Waals surface area contributed by atoms with Crippen LogP contribution in [0.3, 0.4) is 0 Å². The zero-order valence-electron chi connectivity index (χ0n) is 14.7. The number of thiazole rings is 1. The molecule has 3 rings (SSSR count). The average Bonchev–Trinajstić information content (AvgIpc) is 3.07. The van der Waals surface area contributed by atoms with E-state index in [2.05, 4.69) is 15.4 Å². The molecule has 2 aromatic heterocycles. The Morgan fingerprint density at radius 3 is 2.69 bits per heavy atom. The minimum absolute atomic E-state index is 0.0815. The lowest BCUT2D eigenvalue weighted by molar-refractivity contribution is -0.116. The van der Waals surface area contributed by atoms with Gasteiger partial charge in [-0.1, -0.05) is 23.5 Å². The first-order chi connectivity index (χ1) is 12.4. The van der Waals surface area contributed by atoms with E-state index in [1.54, 1.807) is 19.1 Å². The number of para-hydroxylation sites is 1. The molecule has 2 N–H and O–H groups in total. The lowest BCUT2D eigenvalue weighted by atomic mass is 10.1. The molecule has 0 fully saturated rings. The summed E-state index contributed by atoms with van der Waals surface area (Å²) in [6.07, 6.45) is 0.343. The van der Waals surface area contributed by atoms with Crippen molar-refractivity contribution >= 4 is 22.9 Å². The lowest BCUT2D eigenvalue weighted by Crippen LogP contribution is -2.19. The van der Waals surface area contributed by atoms with E-state index >= 15 is 0 Å². The van der Waals surface area contributed by atoms with Gasteiger partial charge in [-0.25, -0.2) is 9.37 Å². The fourth-order valence-corrected chi connectivity index (χ4v) is 3.45. The van der Waals surface area contributed by atoms with E-state index in [9.17, 15) is 14.0 Å². The third-order valence-corrected chi connectivity index (χ3v) is 5.21. The van der Waals surface area contributed by atoms with E-state index in [1.807, 2.05) is 13.8 Å². The number of rotatable bonds is 5. The van der Waals surface area contributed by atoms with Crippen LogP contribution in [0, 0.1) is 26.6 Å². The van der Waals surface area contributed by atoms with E-state index in [1.165, 1.54) is 28.2 Å². The second-order valence-electron chi connectivity index (χ2n) is 6.02. The second-order valence-corrected chi connectivity index (χ2v) is 7.20. The van der Waals surface area contributed by atoms with Crippen molar-refractivity contribution in [2.24, 2.45) is 0 Å². The molecule has 1 aromatic carbocycles. The van der Waals surface area contributed by atoms with Gasteiger partial charge in [-0.2, -0.15) is 4.68 Å². The maximum absolute atomic E-state index is 13.6. The molecule has 1 amide bonds. The lowest BCUT2D eigenvalue weighted by Gasteiger charge is -2.05. The van der Waals surface area contributed by atoms with Crippen LogP contribution in [0.25, 0.3) is 5.13 Å². The van der Waals surface area contributed by atoms with Gasteiger partial charge in [-0.05, 0) is 39.3 Å².